The Labute approximate surface area is 123 Å². The van der Waals surface area contributed by atoms with Crippen LogP contribution in [0.4, 0.5) is 5.82 Å². The number of nitrogens with zero attached hydrogens (tertiary/aromatic N) is 3. The molecule has 2 heterocycles. The summed E-state index contributed by atoms with van der Waals surface area (Å²) in [6, 6.07) is 2.13. The molecule has 0 aliphatic carbocycles. The lowest BCUT2D eigenvalue weighted by Crippen LogP contribution is -2.20. The first-order valence-electron chi connectivity index (χ1n) is 6.25. The van der Waals surface area contributed by atoms with E-state index in [9.17, 15) is 0 Å². The molecule has 2 aromatic rings. The van der Waals surface area contributed by atoms with Gasteiger partial charge in [0.05, 0.1) is 0 Å². The molecule has 2 aromatic heterocycles. The van der Waals surface area contributed by atoms with E-state index in [-0.39, 0.29) is 5.92 Å². The van der Waals surface area contributed by atoms with E-state index in [1.165, 1.54) is 5.56 Å². The van der Waals surface area contributed by atoms with Crippen LogP contribution in [-0.2, 0) is 6.54 Å². The van der Waals surface area contributed by atoms with Gasteiger partial charge in [0.15, 0.2) is 0 Å². The fourth-order valence-electron chi connectivity index (χ4n) is 1.86. The molecule has 102 valence electrons. The summed E-state index contributed by atoms with van der Waals surface area (Å²) in [5, 5.41) is 4.78. The van der Waals surface area contributed by atoms with Crippen LogP contribution in [0.1, 0.15) is 36.7 Å². The largest absolute Gasteiger partial charge is 0.355 e. The topological polar surface area (TPSA) is 29.0 Å². The molecule has 2 rings (SSSR count). The normalized spacial score (nSPS) is 11.1. The summed E-state index contributed by atoms with van der Waals surface area (Å²) in [4.78, 5) is 11.1. The van der Waals surface area contributed by atoms with Crippen molar-refractivity contribution < 1.29 is 0 Å². The number of hydrogen-bond acceptors (Lipinski definition) is 4. The Hall–Kier alpha value is -1.13. The average molecular weight is 296 g/mol. The average Bonchev–Trinajstić information content (AvgIpc) is 2.84. The molecule has 0 unspecified atom stereocenters. The highest BCUT2D eigenvalue weighted by molar-refractivity contribution is 7.07. The van der Waals surface area contributed by atoms with E-state index in [2.05, 4.69) is 45.5 Å². The molecule has 0 aromatic carbocycles. The van der Waals surface area contributed by atoms with Crippen LogP contribution in [0.5, 0.6) is 0 Å². The molecule has 0 spiro atoms. The molecule has 5 heteroatoms. The zero-order chi connectivity index (χ0) is 14.0. The summed E-state index contributed by atoms with van der Waals surface area (Å²) in [5.41, 5.74) is 2.22. The van der Waals surface area contributed by atoms with Gasteiger partial charge >= 0.3 is 0 Å². The summed E-state index contributed by atoms with van der Waals surface area (Å²) in [5.74, 6) is 1.98. The fraction of sp³-hybridized carbons (Fsp3) is 0.429. The standard InChI is InChI=1S/C14H18ClN3S/c1-9(2)13-16-12(15)10(3)14(17-13)18(4)7-11-5-6-19-8-11/h5-6,8-9H,7H2,1-4H3. The lowest BCUT2D eigenvalue weighted by molar-refractivity contribution is 0.758. The molecule has 0 bridgehead atoms. The van der Waals surface area contributed by atoms with Crippen LogP contribution in [0.15, 0.2) is 16.8 Å². The van der Waals surface area contributed by atoms with E-state index in [0.717, 1.165) is 23.8 Å². The zero-order valence-electron chi connectivity index (χ0n) is 11.6. The van der Waals surface area contributed by atoms with Gasteiger partial charge in [-0.15, -0.1) is 0 Å². The van der Waals surface area contributed by atoms with Gasteiger partial charge in [-0.05, 0) is 29.3 Å². The first kappa shape index (κ1) is 14.3. The van der Waals surface area contributed by atoms with Crippen molar-refractivity contribution in [3.8, 4) is 0 Å². The van der Waals surface area contributed by atoms with Crippen molar-refractivity contribution in [2.75, 3.05) is 11.9 Å². The van der Waals surface area contributed by atoms with E-state index in [0.29, 0.717) is 5.15 Å². The van der Waals surface area contributed by atoms with Crippen molar-refractivity contribution in [1.29, 1.82) is 0 Å². The molecule has 0 N–H and O–H groups in total. The fourth-order valence-corrected chi connectivity index (χ4v) is 2.69. The molecular weight excluding hydrogens is 278 g/mol. The van der Waals surface area contributed by atoms with Gasteiger partial charge in [-0.25, -0.2) is 9.97 Å². The monoisotopic (exact) mass is 295 g/mol. The minimum absolute atomic E-state index is 0.270. The third-order valence-electron chi connectivity index (χ3n) is 2.96. The second kappa shape index (κ2) is 5.88. The van der Waals surface area contributed by atoms with Crippen molar-refractivity contribution in [2.45, 2.75) is 33.2 Å². The van der Waals surface area contributed by atoms with Crippen molar-refractivity contribution in [3.63, 3.8) is 0 Å². The molecule has 0 atom stereocenters. The molecule has 0 saturated heterocycles. The Bertz CT molecular complexity index is 552. The summed E-state index contributed by atoms with van der Waals surface area (Å²) in [6.07, 6.45) is 0. The van der Waals surface area contributed by atoms with Crippen LogP contribution < -0.4 is 4.90 Å². The number of thiophene rings is 1. The molecular formula is C14H18ClN3S. The van der Waals surface area contributed by atoms with E-state index < -0.39 is 0 Å². The van der Waals surface area contributed by atoms with Crippen molar-refractivity contribution in [2.24, 2.45) is 0 Å². The highest BCUT2D eigenvalue weighted by Gasteiger charge is 2.15. The number of halogens is 1. The molecule has 19 heavy (non-hydrogen) atoms. The van der Waals surface area contributed by atoms with E-state index in [4.69, 9.17) is 11.6 Å². The highest BCUT2D eigenvalue weighted by atomic mass is 35.5. The van der Waals surface area contributed by atoms with Gasteiger partial charge < -0.3 is 4.90 Å². The van der Waals surface area contributed by atoms with Gasteiger partial charge in [0, 0.05) is 25.1 Å². The molecule has 0 fully saturated rings. The Morgan fingerprint density at radius 3 is 2.68 bits per heavy atom. The smallest absolute Gasteiger partial charge is 0.137 e. The highest BCUT2D eigenvalue weighted by Crippen LogP contribution is 2.26. The maximum atomic E-state index is 6.21. The van der Waals surface area contributed by atoms with Crippen LogP contribution in [-0.4, -0.2) is 17.0 Å². The third-order valence-corrected chi connectivity index (χ3v) is 4.06. The molecule has 3 nitrogen and oxygen atoms in total. The molecule has 0 saturated carbocycles. The lowest BCUT2D eigenvalue weighted by atomic mass is 10.2. The molecule has 0 amide bonds. The van der Waals surface area contributed by atoms with Gasteiger partial charge in [0.25, 0.3) is 0 Å². The Kier molecular flexibility index (Phi) is 4.42. The van der Waals surface area contributed by atoms with Crippen LogP contribution in [0.3, 0.4) is 0 Å². The van der Waals surface area contributed by atoms with Crippen LogP contribution in [0.25, 0.3) is 0 Å². The summed E-state index contributed by atoms with van der Waals surface area (Å²) >= 11 is 7.92. The van der Waals surface area contributed by atoms with Gasteiger partial charge in [0.2, 0.25) is 0 Å². The first-order chi connectivity index (χ1) is 8.99. The SMILES string of the molecule is Cc1c(Cl)nc(C(C)C)nc1N(C)Cc1ccsc1. The van der Waals surface area contributed by atoms with E-state index in [1.807, 2.05) is 14.0 Å². The maximum Gasteiger partial charge on any atom is 0.137 e. The van der Waals surface area contributed by atoms with E-state index in [1.54, 1.807) is 11.3 Å². The van der Waals surface area contributed by atoms with Crippen molar-refractivity contribution in [3.05, 3.63) is 38.9 Å². The van der Waals surface area contributed by atoms with Gasteiger partial charge in [-0.2, -0.15) is 11.3 Å². The summed E-state index contributed by atoms with van der Waals surface area (Å²) in [7, 11) is 2.04. The zero-order valence-corrected chi connectivity index (χ0v) is 13.2. The van der Waals surface area contributed by atoms with Gasteiger partial charge in [-0.3, -0.25) is 0 Å². The molecule has 0 aliphatic heterocycles. The lowest BCUT2D eigenvalue weighted by Gasteiger charge is -2.21. The number of rotatable bonds is 4. The summed E-state index contributed by atoms with van der Waals surface area (Å²) in [6.45, 7) is 6.94. The first-order valence-corrected chi connectivity index (χ1v) is 7.57. The van der Waals surface area contributed by atoms with Gasteiger partial charge in [-0.1, -0.05) is 25.4 Å². The molecule has 0 radical (unpaired) electrons. The van der Waals surface area contributed by atoms with Crippen LogP contribution in [0.2, 0.25) is 5.15 Å². The second-order valence-electron chi connectivity index (χ2n) is 4.96. The Morgan fingerprint density at radius 2 is 2.11 bits per heavy atom. The second-order valence-corrected chi connectivity index (χ2v) is 6.10. The Balaban J connectivity index is 2.32. The van der Waals surface area contributed by atoms with E-state index >= 15 is 0 Å². The third kappa shape index (κ3) is 3.25. The molecule has 0 aliphatic rings. The van der Waals surface area contributed by atoms with Crippen molar-refractivity contribution >= 4 is 28.8 Å². The van der Waals surface area contributed by atoms with Crippen LogP contribution >= 0.6 is 22.9 Å². The predicted molar refractivity (Wildman–Crippen MR) is 82.3 cm³/mol. The Morgan fingerprint density at radius 1 is 1.37 bits per heavy atom. The number of aromatic nitrogens is 2. The quantitative estimate of drug-likeness (QED) is 0.789. The predicted octanol–water partition coefficient (Wildman–Crippen LogP) is 4.26. The minimum Gasteiger partial charge on any atom is -0.355 e. The maximum absolute atomic E-state index is 6.21. The minimum atomic E-state index is 0.270. The number of hydrogen-bond donors (Lipinski definition) is 0. The van der Waals surface area contributed by atoms with Gasteiger partial charge in [0.1, 0.15) is 16.8 Å². The summed E-state index contributed by atoms with van der Waals surface area (Å²) < 4.78 is 0. The van der Waals surface area contributed by atoms with Crippen molar-refractivity contribution in [1.82, 2.24) is 9.97 Å². The van der Waals surface area contributed by atoms with Crippen LogP contribution in [0, 0.1) is 6.92 Å². The number of anilines is 1.